The zero-order valence-electron chi connectivity index (χ0n) is 25.5. The van der Waals surface area contributed by atoms with Crippen LogP contribution >= 0.6 is 0 Å². The zero-order valence-corrected chi connectivity index (χ0v) is 25.5. The Hall–Kier alpha value is -2.68. The number of nitrogens with zero attached hydrogens (tertiary/aromatic N) is 2. The van der Waals surface area contributed by atoms with Crippen molar-refractivity contribution in [1.82, 2.24) is 9.97 Å². The van der Waals surface area contributed by atoms with E-state index in [0.717, 1.165) is 36.8 Å². The highest BCUT2D eigenvalue weighted by Crippen LogP contribution is 2.45. The molecule has 0 bridgehead atoms. The largest absolute Gasteiger partial charge is 0.490 e. The molecule has 2 rings (SSSR count). The number of aryl methyl sites for hydroxylation is 1. The molecule has 0 amide bonds. The zero-order chi connectivity index (χ0) is 34.3. The van der Waals surface area contributed by atoms with E-state index in [4.69, 9.17) is 4.74 Å². The lowest BCUT2D eigenvalue weighted by Crippen LogP contribution is -2.53. The smallest absolute Gasteiger partial charge is 0.483 e. The van der Waals surface area contributed by atoms with Gasteiger partial charge >= 0.3 is 24.3 Å². The van der Waals surface area contributed by atoms with Gasteiger partial charge in [0.05, 0.1) is 25.6 Å². The van der Waals surface area contributed by atoms with Gasteiger partial charge in [0.25, 0.3) is 0 Å². The van der Waals surface area contributed by atoms with E-state index in [2.05, 4.69) is 26.4 Å². The van der Waals surface area contributed by atoms with E-state index in [0.29, 0.717) is 37.4 Å². The number of aromatic nitrogens is 2. The molecule has 0 aliphatic carbocycles. The van der Waals surface area contributed by atoms with Crippen LogP contribution in [0.3, 0.4) is 0 Å². The third-order valence-corrected chi connectivity index (χ3v) is 6.93. The maximum absolute atomic E-state index is 13.9. The average molecular weight is 679 g/mol. The molecule has 0 fully saturated rings. The molecule has 46 heavy (non-hydrogen) atoms. The Kier molecular flexibility index (Phi) is 16.0. The molecule has 262 valence electrons. The first-order valence-corrected chi connectivity index (χ1v) is 15.2. The number of unbranched alkanes of at least 4 members (excludes halogenated alkanes) is 8. The molecule has 0 spiro atoms. The number of halogens is 10. The maximum atomic E-state index is 13.9. The summed E-state index contributed by atoms with van der Waals surface area (Å²) in [7, 11) is 0. The molecule has 0 N–H and O–H groups in total. The fourth-order valence-corrected chi connectivity index (χ4v) is 4.26. The molecule has 0 saturated carbocycles. The molecular weight excluding hydrogens is 638 g/mol. The quantitative estimate of drug-likeness (QED) is 0.0865. The van der Waals surface area contributed by atoms with Gasteiger partial charge in [-0.2, -0.15) is 39.5 Å². The van der Waals surface area contributed by atoms with Crippen molar-refractivity contribution >= 4 is 0 Å². The molecule has 2 aromatic rings. The van der Waals surface area contributed by atoms with Crippen molar-refractivity contribution in [2.45, 2.75) is 114 Å². The molecule has 15 heteroatoms. The fraction of sp³-hybridized carbons (Fsp3) is 0.677. The van der Waals surface area contributed by atoms with Crippen LogP contribution in [0, 0.1) is 0 Å². The van der Waals surface area contributed by atoms with Gasteiger partial charge in [0.15, 0.2) is 11.6 Å². The van der Waals surface area contributed by atoms with E-state index in [-0.39, 0.29) is 6.42 Å². The second-order valence-corrected chi connectivity index (χ2v) is 11.0. The van der Waals surface area contributed by atoms with E-state index >= 15 is 0 Å². The summed E-state index contributed by atoms with van der Waals surface area (Å²) in [5, 5.41) is 0. The molecule has 1 atom stereocenters. The van der Waals surface area contributed by atoms with Gasteiger partial charge in [-0.3, -0.25) is 0 Å². The molecule has 1 unspecified atom stereocenters. The first kappa shape index (κ1) is 39.5. The minimum atomic E-state index is -6.65. The first-order chi connectivity index (χ1) is 21.6. The normalized spacial score (nSPS) is 13.6. The predicted octanol–water partition coefficient (Wildman–Crippen LogP) is 10.1. The van der Waals surface area contributed by atoms with Crippen LogP contribution in [0.2, 0.25) is 0 Å². The third-order valence-electron chi connectivity index (χ3n) is 6.93. The van der Waals surface area contributed by atoms with Crippen molar-refractivity contribution < 1.29 is 58.1 Å². The number of ether oxygens (including phenoxy) is 3. The van der Waals surface area contributed by atoms with E-state index in [9.17, 15) is 43.9 Å². The van der Waals surface area contributed by atoms with Gasteiger partial charge in [-0.15, -0.1) is 0 Å². The van der Waals surface area contributed by atoms with Gasteiger partial charge in [-0.05, 0) is 31.2 Å². The van der Waals surface area contributed by atoms with Crippen LogP contribution in [0.4, 0.5) is 43.9 Å². The standard InChI is InChI=1S/C31H40F10N2O3/c1-2-3-4-5-8-11-18-45-26-19-42-27(43-20-26)24-16-14-23(15-17-24)12-9-6-7-10-13-25(32)21-44-22-28(33,34)30(38,39)46-31(40,41)29(35,36)37/h14-17,19-20,25H,2-13,18,21-22H2,1H3. The van der Waals surface area contributed by atoms with Gasteiger partial charge in [0.1, 0.15) is 12.8 Å². The third kappa shape index (κ3) is 13.6. The molecule has 1 aromatic heterocycles. The van der Waals surface area contributed by atoms with E-state index in [1.54, 1.807) is 12.4 Å². The van der Waals surface area contributed by atoms with Crippen LogP contribution in [-0.4, -0.2) is 60.3 Å². The topological polar surface area (TPSA) is 53.5 Å². The summed E-state index contributed by atoms with van der Waals surface area (Å²) in [5.74, 6) is -4.38. The SMILES string of the molecule is CCCCCCCCOc1cnc(-c2ccc(CCCCCCC(F)COCC(F)(F)C(F)(F)OC(F)(F)C(F)(F)F)cc2)nc1. The summed E-state index contributed by atoms with van der Waals surface area (Å²) in [6.45, 7) is -0.589. The molecular formula is C31H40F10N2O3. The summed E-state index contributed by atoms with van der Waals surface area (Å²) in [5.41, 5.74) is 1.91. The minimum absolute atomic E-state index is 0.151. The van der Waals surface area contributed by atoms with Crippen molar-refractivity contribution in [3.8, 4) is 17.1 Å². The van der Waals surface area contributed by atoms with E-state index in [1.165, 1.54) is 25.7 Å². The Morgan fingerprint density at radius 1 is 0.717 bits per heavy atom. The Morgan fingerprint density at radius 2 is 1.30 bits per heavy atom. The van der Waals surface area contributed by atoms with Crippen molar-refractivity contribution in [3.05, 3.63) is 42.2 Å². The summed E-state index contributed by atoms with van der Waals surface area (Å²) in [6, 6.07) is 7.71. The number of hydrogen-bond acceptors (Lipinski definition) is 5. The van der Waals surface area contributed by atoms with E-state index in [1.807, 2.05) is 24.3 Å². The average Bonchev–Trinajstić information content (AvgIpc) is 2.98. The van der Waals surface area contributed by atoms with Crippen LogP contribution in [-0.2, 0) is 15.9 Å². The first-order valence-electron chi connectivity index (χ1n) is 15.2. The number of benzene rings is 1. The van der Waals surface area contributed by atoms with Gasteiger partial charge in [0.2, 0.25) is 0 Å². The van der Waals surface area contributed by atoms with Crippen LogP contribution < -0.4 is 4.74 Å². The molecule has 0 aliphatic heterocycles. The second-order valence-electron chi connectivity index (χ2n) is 11.0. The summed E-state index contributed by atoms with van der Waals surface area (Å²) < 4.78 is 141. The number of hydrogen-bond donors (Lipinski definition) is 0. The Morgan fingerprint density at radius 3 is 1.93 bits per heavy atom. The number of rotatable bonds is 23. The van der Waals surface area contributed by atoms with Gasteiger partial charge < -0.3 is 9.47 Å². The van der Waals surface area contributed by atoms with Gasteiger partial charge in [-0.1, -0.05) is 82.6 Å². The number of alkyl halides is 10. The molecule has 5 nitrogen and oxygen atoms in total. The lowest BCUT2D eigenvalue weighted by atomic mass is 10.0. The van der Waals surface area contributed by atoms with Crippen molar-refractivity contribution in [2.24, 2.45) is 0 Å². The Bertz CT molecular complexity index is 1120. The Labute approximate surface area is 262 Å². The summed E-state index contributed by atoms with van der Waals surface area (Å²) in [4.78, 5) is 8.75. The molecule has 0 saturated heterocycles. The molecule has 1 heterocycles. The lowest BCUT2D eigenvalue weighted by molar-refractivity contribution is -0.487. The van der Waals surface area contributed by atoms with Crippen LogP contribution in [0.5, 0.6) is 5.75 Å². The molecule has 0 aliphatic rings. The van der Waals surface area contributed by atoms with Gasteiger partial charge in [0, 0.05) is 5.56 Å². The molecule has 0 radical (unpaired) electrons. The van der Waals surface area contributed by atoms with Crippen molar-refractivity contribution in [2.75, 3.05) is 19.8 Å². The van der Waals surface area contributed by atoms with Crippen LogP contribution in [0.15, 0.2) is 36.7 Å². The summed E-state index contributed by atoms with van der Waals surface area (Å²) in [6.07, 6.45) is -7.90. The van der Waals surface area contributed by atoms with Crippen molar-refractivity contribution in [1.29, 1.82) is 0 Å². The van der Waals surface area contributed by atoms with Crippen LogP contribution in [0.25, 0.3) is 11.4 Å². The van der Waals surface area contributed by atoms with E-state index < -0.39 is 43.7 Å². The highest BCUT2D eigenvalue weighted by atomic mass is 19.4. The predicted molar refractivity (Wildman–Crippen MR) is 151 cm³/mol. The molecule has 1 aromatic carbocycles. The van der Waals surface area contributed by atoms with Crippen LogP contribution in [0.1, 0.15) is 83.1 Å². The fourth-order valence-electron chi connectivity index (χ4n) is 4.26. The highest BCUT2D eigenvalue weighted by Gasteiger charge is 2.70. The Balaban J connectivity index is 1.61. The highest BCUT2D eigenvalue weighted by molar-refractivity contribution is 5.55. The lowest BCUT2D eigenvalue weighted by Gasteiger charge is -2.30. The second kappa shape index (κ2) is 18.6. The van der Waals surface area contributed by atoms with Gasteiger partial charge in [-0.25, -0.2) is 19.1 Å². The maximum Gasteiger partial charge on any atom is 0.483 e. The summed E-state index contributed by atoms with van der Waals surface area (Å²) >= 11 is 0. The minimum Gasteiger partial charge on any atom is -0.490 e. The monoisotopic (exact) mass is 678 g/mol. The van der Waals surface area contributed by atoms with Crippen molar-refractivity contribution in [3.63, 3.8) is 0 Å².